The second-order valence-electron chi connectivity index (χ2n) is 8.19. The summed E-state index contributed by atoms with van der Waals surface area (Å²) in [5, 5.41) is 2.82. The molecule has 0 atom stereocenters. The number of benzene rings is 4. The zero-order valence-corrected chi connectivity index (χ0v) is 18.3. The van der Waals surface area contributed by atoms with Crippen LogP contribution < -0.4 is 0 Å². The van der Waals surface area contributed by atoms with Crippen LogP contribution in [-0.4, -0.2) is 0 Å². The maximum Gasteiger partial charge on any atom is -0.00669 e. The predicted molar refractivity (Wildman–Crippen MR) is 132 cm³/mol. The van der Waals surface area contributed by atoms with Crippen LogP contribution in [0.2, 0.25) is 0 Å². The Morgan fingerprint density at radius 2 is 0.933 bits per heavy atom. The molecule has 0 heteroatoms. The molecule has 0 aliphatic carbocycles. The van der Waals surface area contributed by atoms with E-state index in [0.29, 0.717) is 0 Å². The third-order valence-corrected chi connectivity index (χ3v) is 6.11. The molecule has 4 aromatic carbocycles. The SMILES string of the molecule is CCCCc1c(-c2ccccc2)c(CCCC)c2ccccc2c1-c1ccccc1. The molecule has 0 heterocycles. The number of rotatable bonds is 8. The molecule has 152 valence electrons. The summed E-state index contributed by atoms with van der Waals surface area (Å²) in [5.41, 5.74) is 8.66. The lowest BCUT2D eigenvalue weighted by molar-refractivity contribution is 0.786. The summed E-state index contributed by atoms with van der Waals surface area (Å²) in [7, 11) is 0. The standard InChI is InChI=1S/C30H32/c1-3-5-19-26-25-21-13-14-22-27(25)30(24-17-11-8-12-18-24)28(20-6-4-2)29(26)23-15-9-7-10-16-23/h7-18,21-22H,3-6,19-20H2,1-2H3. The van der Waals surface area contributed by atoms with Gasteiger partial charge in [0, 0.05) is 0 Å². The van der Waals surface area contributed by atoms with E-state index < -0.39 is 0 Å². The van der Waals surface area contributed by atoms with E-state index in [-0.39, 0.29) is 0 Å². The normalized spacial score (nSPS) is 11.1. The molecule has 0 nitrogen and oxygen atoms in total. The number of unbranched alkanes of at least 4 members (excludes halogenated alkanes) is 2. The van der Waals surface area contributed by atoms with Crippen molar-refractivity contribution in [3.8, 4) is 22.3 Å². The topological polar surface area (TPSA) is 0 Å². The highest BCUT2D eigenvalue weighted by molar-refractivity contribution is 6.05. The van der Waals surface area contributed by atoms with Gasteiger partial charge in [-0.2, -0.15) is 0 Å². The maximum absolute atomic E-state index is 2.34. The maximum atomic E-state index is 2.34. The van der Waals surface area contributed by atoms with Gasteiger partial charge in [-0.25, -0.2) is 0 Å². The molecule has 0 aliphatic rings. The molecule has 0 amide bonds. The molecule has 30 heavy (non-hydrogen) atoms. The first-order valence-electron chi connectivity index (χ1n) is 11.5. The lowest BCUT2D eigenvalue weighted by Crippen LogP contribution is -2.03. The van der Waals surface area contributed by atoms with Crippen molar-refractivity contribution >= 4 is 10.8 Å². The van der Waals surface area contributed by atoms with Crippen molar-refractivity contribution in [1.82, 2.24) is 0 Å². The molecular weight excluding hydrogens is 360 g/mol. The smallest absolute Gasteiger partial charge is 0.00669 e. The van der Waals surface area contributed by atoms with Gasteiger partial charge in [-0.05, 0) is 69.8 Å². The Balaban J connectivity index is 2.13. The Morgan fingerprint density at radius 3 is 1.50 bits per heavy atom. The van der Waals surface area contributed by atoms with Crippen LogP contribution in [0.3, 0.4) is 0 Å². The Bertz CT molecular complexity index is 1090. The van der Waals surface area contributed by atoms with Gasteiger partial charge in [0.2, 0.25) is 0 Å². The van der Waals surface area contributed by atoms with Crippen LogP contribution >= 0.6 is 0 Å². The minimum Gasteiger partial charge on any atom is -0.0654 e. The molecule has 0 fully saturated rings. The van der Waals surface area contributed by atoms with Gasteiger partial charge in [-0.15, -0.1) is 0 Å². The Morgan fingerprint density at radius 1 is 0.467 bits per heavy atom. The molecule has 0 bridgehead atoms. The number of hydrogen-bond acceptors (Lipinski definition) is 0. The van der Waals surface area contributed by atoms with E-state index in [2.05, 4.69) is 98.8 Å². The van der Waals surface area contributed by atoms with E-state index >= 15 is 0 Å². The summed E-state index contributed by atoms with van der Waals surface area (Å²) in [6.45, 7) is 4.59. The fourth-order valence-electron chi connectivity index (χ4n) is 4.67. The van der Waals surface area contributed by atoms with Gasteiger partial charge < -0.3 is 0 Å². The minimum atomic E-state index is 1.12. The lowest BCUT2D eigenvalue weighted by Gasteiger charge is -2.23. The first-order chi connectivity index (χ1) is 14.8. The van der Waals surface area contributed by atoms with Crippen molar-refractivity contribution < 1.29 is 0 Å². The van der Waals surface area contributed by atoms with E-state index in [1.165, 1.54) is 69.8 Å². The monoisotopic (exact) mass is 392 g/mol. The lowest BCUT2D eigenvalue weighted by atomic mass is 9.80. The average molecular weight is 393 g/mol. The van der Waals surface area contributed by atoms with Crippen molar-refractivity contribution in [3.63, 3.8) is 0 Å². The average Bonchev–Trinajstić information content (AvgIpc) is 2.81. The highest BCUT2D eigenvalue weighted by Crippen LogP contribution is 2.43. The van der Waals surface area contributed by atoms with Crippen molar-refractivity contribution in [2.45, 2.75) is 52.4 Å². The molecule has 4 rings (SSSR count). The van der Waals surface area contributed by atoms with Gasteiger partial charge in [0.25, 0.3) is 0 Å². The fourth-order valence-corrected chi connectivity index (χ4v) is 4.67. The van der Waals surface area contributed by atoms with Gasteiger partial charge >= 0.3 is 0 Å². The molecule has 4 aromatic rings. The van der Waals surface area contributed by atoms with E-state index in [1.807, 2.05) is 0 Å². The summed E-state index contributed by atoms with van der Waals surface area (Å²) >= 11 is 0. The molecule has 0 spiro atoms. The van der Waals surface area contributed by atoms with Crippen molar-refractivity contribution in [2.24, 2.45) is 0 Å². The van der Waals surface area contributed by atoms with E-state index in [9.17, 15) is 0 Å². The quantitative estimate of drug-likeness (QED) is 0.281. The van der Waals surface area contributed by atoms with Crippen LogP contribution in [0.1, 0.15) is 50.7 Å². The molecular formula is C30H32. The van der Waals surface area contributed by atoms with Crippen LogP contribution in [0.4, 0.5) is 0 Å². The summed E-state index contributed by atoms with van der Waals surface area (Å²) in [6, 6.07) is 31.1. The summed E-state index contributed by atoms with van der Waals surface area (Å²) < 4.78 is 0. The van der Waals surface area contributed by atoms with Crippen LogP contribution in [0.25, 0.3) is 33.0 Å². The van der Waals surface area contributed by atoms with Crippen LogP contribution in [0.15, 0.2) is 84.9 Å². The molecule has 0 aliphatic heterocycles. The summed E-state index contributed by atoms with van der Waals surface area (Å²) in [5.74, 6) is 0. The molecule has 0 aromatic heterocycles. The zero-order valence-electron chi connectivity index (χ0n) is 18.3. The highest BCUT2D eigenvalue weighted by atomic mass is 14.2. The third-order valence-electron chi connectivity index (χ3n) is 6.11. The van der Waals surface area contributed by atoms with Crippen LogP contribution in [0, 0.1) is 0 Å². The second-order valence-corrected chi connectivity index (χ2v) is 8.19. The molecule has 0 N–H and O–H groups in total. The van der Waals surface area contributed by atoms with Gasteiger partial charge in [-0.1, -0.05) is 112 Å². The number of fused-ring (bicyclic) bond motifs is 1. The van der Waals surface area contributed by atoms with Crippen LogP contribution in [-0.2, 0) is 12.8 Å². The molecule has 0 radical (unpaired) electrons. The first kappa shape index (κ1) is 20.4. The van der Waals surface area contributed by atoms with Gasteiger partial charge in [0.15, 0.2) is 0 Å². The number of hydrogen-bond donors (Lipinski definition) is 0. The highest BCUT2D eigenvalue weighted by Gasteiger charge is 2.20. The van der Waals surface area contributed by atoms with Crippen molar-refractivity contribution in [2.75, 3.05) is 0 Å². The fraction of sp³-hybridized carbons (Fsp3) is 0.267. The van der Waals surface area contributed by atoms with E-state index in [0.717, 1.165) is 12.8 Å². The van der Waals surface area contributed by atoms with E-state index in [4.69, 9.17) is 0 Å². The zero-order chi connectivity index (χ0) is 20.8. The third kappa shape index (κ3) is 4.05. The Hall–Kier alpha value is -2.86. The molecule has 0 saturated heterocycles. The van der Waals surface area contributed by atoms with Crippen LogP contribution in [0.5, 0.6) is 0 Å². The molecule has 0 unspecified atom stereocenters. The van der Waals surface area contributed by atoms with E-state index in [1.54, 1.807) is 0 Å². The van der Waals surface area contributed by atoms with Crippen molar-refractivity contribution in [1.29, 1.82) is 0 Å². The predicted octanol–water partition coefficient (Wildman–Crippen LogP) is 8.86. The summed E-state index contributed by atoms with van der Waals surface area (Å²) in [6.07, 6.45) is 7.12. The first-order valence-corrected chi connectivity index (χ1v) is 11.5. The van der Waals surface area contributed by atoms with Gasteiger partial charge in [0.1, 0.15) is 0 Å². The Labute approximate surface area is 181 Å². The molecule has 0 saturated carbocycles. The van der Waals surface area contributed by atoms with Gasteiger partial charge in [-0.3, -0.25) is 0 Å². The minimum absolute atomic E-state index is 1.12. The Kier molecular flexibility index (Phi) is 6.64. The van der Waals surface area contributed by atoms with Gasteiger partial charge in [0.05, 0.1) is 0 Å². The second kappa shape index (κ2) is 9.76. The van der Waals surface area contributed by atoms with Crippen molar-refractivity contribution in [3.05, 3.63) is 96.1 Å². The largest absolute Gasteiger partial charge is 0.0654 e. The summed E-state index contributed by atoms with van der Waals surface area (Å²) in [4.78, 5) is 0. The number of aryl methyl sites for hydroxylation is 1.